The van der Waals surface area contributed by atoms with Crippen molar-refractivity contribution in [2.45, 2.75) is 32.6 Å². The molecule has 2 rings (SSSR count). The van der Waals surface area contributed by atoms with Gasteiger partial charge in [0.25, 0.3) is 0 Å². The maximum Gasteiger partial charge on any atom is 0.317 e. The average molecular weight is 194 g/mol. The van der Waals surface area contributed by atoms with E-state index < -0.39 is 5.92 Å². The van der Waals surface area contributed by atoms with Crippen LogP contribution in [0.2, 0.25) is 0 Å². The van der Waals surface area contributed by atoms with Crippen molar-refractivity contribution in [2.75, 3.05) is 6.61 Å². The number of carbonyl (C=O) groups is 2. The summed E-state index contributed by atoms with van der Waals surface area (Å²) in [5.41, 5.74) is 2.12. The van der Waals surface area contributed by atoms with Crippen molar-refractivity contribution in [1.82, 2.24) is 0 Å². The maximum atomic E-state index is 11.7. The molecule has 0 radical (unpaired) electrons. The Morgan fingerprint density at radius 2 is 2.29 bits per heavy atom. The Morgan fingerprint density at radius 1 is 1.50 bits per heavy atom. The molecule has 14 heavy (non-hydrogen) atoms. The predicted octanol–water partition coefficient (Wildman–Crippen LogP) is 1.62. The van der Waals surface area contributed by atoms with E-state index in [9.17, 15) is 9.59 Å². The van der Waals surface area contributed by atoms with Crippen LogP contribution in [0, 0.1) is 5.92 Å². The monoisotopic (exact) mass is 194 g/mol. The molecule has 2 aliphatic rings. The van der Waals surface area contributed by atoms with Gasteiger partial charge in [0.1, 0.15) is 5.92 Å². The minimum atomic E-state index is -0.514. The summed E-state index contributed by atoms with van der Waals surface area (Å²) in [6.07, 6.45) is 3.56. The fraction of sp³-hybridized carbons (Fsp3) is 0.636. The van der Waals surface area contributed by atoms with Crippen LogP contribution in [-0.4, -0.2) is 18.4 Å². The van der Waals surface area contributed by atoms with E-state index in [0.717, 1.165) is 24.8 Å². The number of ether oxygens (including phenoxy) is 1. The second kappa shape index (κ2) is 3.56. The van der Waals surface area contributed by atoms with Crippen LogP contribution in [0.15, 0.2) is 11.1 Å². The first-order chi connectivity index (χ1) is 6.74. The van der Waals surface area contributed by atoms with Gasteiger partial charge in [0, 0.05) is 0 Å². The summed E-state index contributed by atoms with van der Waals surface area (Å²) < 4.78 is 4.88. The first-order valence-corrected chi connectivity index (χ1v) is 5.15. The van der Waals surface area contributed by atoms with Gasteiger partial charge in [0.15, 0.2) is 5.78 Å². The molecule has 0 saturated carbocycles. The lowest BCUT2D eigenvalue weighted by Gasteiger charge is -2.09. The van der Waals surface area contributed by atoms with Crippen molar-refractivity contribution in [3.05, 3.63) is 11.1 Å². The minimum Gasteiger partial charge on any atom is -0.465 e. The topological polar surface area (TPSA) is 43.4 Å². The van der Waals surface area contributed by atoms with E-state index in [2.05, 4.69) is 0 Å². The number of carbonyl (C=O) groups excluding carboxylic acids is 2. The van der Waals surface area contributed by atoms with E-state index in [0.29, 0.717) is 13.0 Å². The molecule has 0 aromatic heterocycles. The molecule has 1 unspecified atom stereocenters. The molecule has 0 fully saturated rings. The zero-order chi connectivity index (χ0) is 10.1. The molecule has 0 saturated heterocycles. The Labute approximate surface area is 83.1 Å². The number of ketones is 1. The second-order valence-corrected chi connectivity index (χ2v) is 3.81. The van der Waals surface area contributed by atoms with Crippen LogP contribution in [0.3, 0.4) is 0 Å². The van der Waals surface area contributed by atoms with E-state index in [1.807, 2.05) is 0 Å². The summed E-state index contributed by atoms with van der Waals surface area (Å²) in [4.78, 5) is 23.2. The van der Waals surface area contributed by atoms with Crippen molar-refractivity contribution in [3.63, 3.8) is 0 Å². The zero-order valence-corrected chi connectivity index (χ0v) is 8.34. The van der Waals surface area contributed by atoms with E-state index in [4.69, 9.17) is 4.74 Å². The van der Waals surface area contributed by atoms with Crippen molar-refractivity contribution in [3.8, 4) is 0 Å². The smallest absolute Gasteiger partial charge is 0.317 e. The van der Waals surface area contributed by atoms with E-state index >= 15 is 0 Å². The third kappa shape index (κ3) is 1.37. The largest absolute Gasteiger partial charge is 0.465 e. The van der Waals surface area contributed by atoms with Crippen LogP contribution in [-0.2, 0) is 14.3 Å². The summed E-state index contributed by atoms with van der Waals surface area (Å²) in [5, 5.41) is 0. The normalized spacial score (nSPS) is 25.5. The molecule has 76 valence electrons. The predicted molar refractivity (Wildman–Crippen MR) is 50.6 cm³/mol. The molecule has 1 atom stereocenters. The molecule has 2 aliphatic carbocycles. The summed E-state index contributed by atoms with van der Waals surface area (Å²) in [6.45, 7) is 2.12. The van der Waals surface area contributed by atoms with E-state index in [1.165, 1.54) is 5.57 Å². The number of allylic oxidation sites excluding steroid dienone is 2. The quantitative estimate of drug-likeness (QED) is 0.495. The number of hydrogen-bond donors (Lipinski definition) is 0. The summed E-state index contributed by atoms with van der Waals surface area (Å²) in [7, 11) is 0. The second-order valence-electron chi connectivity index (χ2n) is 3.81. The third-order valence-corrected chi connectivity index (χ3v) is 2.97. The Hall–Kier alpha value is -1.12. The minimum absolute atomic E-state index is 0.0240. The lowest BCUT2D eigenvalue weighted by Crippen LogP contribution is -2.23. The Bertz CT molecular complexity index is 314. The number of hydrogen-bond acceptors (Lipinski definition) is 3. The average Bonchev–Trinajstić information content (AvgIpc) is 2.69. The molecule has 0 aromatic carbocycles. The van der Waals surface area contributed by atoms with Crippen LogP contribution in [0.1, 0.15) is 32.6 Å². The highest BCUT2D eigenvalue weighted by Gasteiger charge is 2.39. The summed E-state index contributed by atoms with van der Waals surface area (Å²) in [6, 6.07) is 0. The first kappa shape index (κ1) is 9.44. The maximum absolute atomic E-state index is 11.7. The molecule has 3 nitrogen and oxygen atoms in total. The van der Waals surface area contributed by atoms with Crippen molar-refractivity contribution in [2.24, 2.45) is 5.92 Å². The standard InChI is InChI=1S/C11H14O3/c1-2-14-11(13)9-6-7-4-3-5-8(7)10(9)12/h9H,2-6H2,1H3. The van der Waals surface area contributed by atoms with E-state index in [1.54, 1.807) is 6.92 Å². The summed E-state index contributed by atoms with van der Waals surface area (Å²) in [5.74, 6) is -0.830. The Morgan fingerprint density at radius 3 is 2.93 bits per heavy atom. The molecular weight excluding hydrogens is 180 g/mol. The van der Waals surface area contributed by atoms with Gasteiger partial charge in [0.2, 0.25) is 0 Å². The molecule has 0 bridgehead atoms. The van der Waals surface area contributed by atoms with E-state index in [-0.39, 0.29) is 11.8 Å². The van der Waals surface area contributed by atoms with Gasteiger partial charge in [-0.2, -0.15) is 0 Å². The fourth-order valence-electron chi connectivity index (χ4n) is 2.31. The van der Waals surface area contributed by atoms with Gasteiger partial charge >= 0.3 is 5.97 Å². The van der Waals surface area contributed by atoms with Crippen molar-refractivity contribution in [1.29, 1.82) is 0 Å². The molecule has 0 aliphatic heterocycles. The lowest BCUT2D eigenvalue weighted by molar-refractivity contribution is -0.150. The highest BCUT2D eigenvalue weighted by atomic mass is 16.5. The highest BCUT2D eigenvalue weighted by molar-refractivity contribution is 6.11. The van der Waals surface area contributed by atoms with Gasteiger partial charge in [0.05, 0.1) is 6.61 Å². The van der Waals surface area contributed by atoms with Gasteiger partial charge < -0.3 is 4.74 Å². The molecule has 0 heterocycles. The van der Waals surface area contributed by atoms with Gasteiger partial charge in [-0.05, 0) is 38.2 Å². The number of esters is 1. The van der Waals surface area contributed by atoms with Crippen molar-refractivity contribution < 1.29 is 14.3 Å². The van der Waals surface area contributed by atoms with Gasteiger partial charge in [-0.1, -0.05) is 5.57 Å². The number of rotatable bonds is 2. The highest BCUT2D eigenvalue weighted by Crippen LogP contribution is 2.39. The van der Waals surface area contributed by atoms with Gasteiger partial charge in [-0.15, -0.1) is 0 Å². The van der Waals surface area contributed by atoms with Crippen LogP contribution < -0.4 is 0 Å². The molecule has 0 N–H and O–H groups in total. The van der Waals surface area contributed by atoms with Crippen LogP contribution in [0.4, 0.5) is 0 Å². The zero-order valence-electron chi connectivity index (χ0n) is 8.34. The van der Waals surface area contributed by atoms with Crippen LogP contribution >= 0.6 is 0 Å². The third-order valence-electron chi connectivity index (χ3n) is 2.97. The molecular formula is C11H14O3. The Balaban J connectivity index is 2.07. The lowest BCUT2D eigenvalue weighted by atomic mass is 10.0. The van der Waals surface area contributed by atoms with Gasteiger partial charge in [-0.25, -0.2) is 0 Å². The number of Topliss-reactive ketones (excluding diaryl/α,β-unsaturated/α-hetero) is 1. The molecule has 0 spiro atoms. The van der Waals surface area contributed by atoms with Crippen LogP contribution in [0.25, 0.3) is 0 Å². The fourth-order valence-corrected chi connectivity index (χ4v) is 2.31. The van der Waals surface area contributed by atoms with Gasteiger partial charge in [-0.3, -0.25) is 9.59 Å². The van der Waals surface area contributed by atoms with Crippen LogP contribution in [0.5, 0.6) is 0 Å². The van der Waals surface area contributed by atoms with Crippen molar-refractivity contribution >= 4 is 11.8 Å². The Kier molecular flexibility index (Phi) is 2.40. The SMILES string of the molecule is CCOC(=O)C1CC2=C(CCC2)C1=O. The first-order valence-electron chi connectivity index (χ1n) is 5.15. The molecule has 0 amide bonds. The molecule has 0 aromatic rings. The summed E-state index contributed by atoms with van der Waals surface area (Å²) >= 11 is 0. The molecule has 3 heteroatoms.